The highest BCUT2D eigenvalue weighted by atomic mass is 16.5. The summed E-state index contributed by atoms with van der Waals surface area (Å²) in [4.78, 5) is 15.0. The number of aliphatic imine (C=N–C) groups is 1. The Morgan fingerprint density at radius 3 is 3.04 bits per heavy atom. The number of guanidine groups is 1. The molecule has 1 aliphatic heterocycles. The minimum atomic E-state index is 0.400. The van der Waals surface area contributed by atoms with Crippen molar-refractivity contribution in [3.8, 4) is 0 Å². The van der Waals surface area contributed by atoms with Gasteiger partial charge in [0.25, 0.3) is 0 Å². The average Bonchev–Trinajstić information content (AvgIpc) is 3.21. The van der Waals surface area contributed by atoms with Gasteiger partial charge in [0.1, 0.15) is 0 Å². The zero-order chi connectivity index (χ0) is 16.2. The number of aromatic nitrogens is 4. The zero-order valence-electron chi connectivity index (χ0n) is 13.8. The first-order chi connectivity index (χ1) is 11.2. The van der Waals surface area contributed by atoms with Gasteiger partial charge >= 0.3 is 0 Å². The molecule has 3 rings (SSSR count). The van der Waals surface area contributed by atoms with Crippen LogP contribution in [0.1, 0.15) is 31.1 Å². The maximum absolute atomic E-state index is 4.99. The highest BCUT2D eigenvalue weighted by Crippen LogP contribution is 2.27. The summed E-state index contributed by atoms with van der Waals surface area (Å²) in [6.07, 6.45) is 6.87. The quantitative estimate of drug-likeness (QED) is 0.677. The van der Waals surface area contributed by atoms with Crippen LogP contribution in [-0.4, -0.2) is 50.7 Å². The minimum Gasteiger partial charge on any atom is -0.349 e. The normalized spacial score (nSPS) is 22.4. The topological polar surface area (TPSA) is 84.4 Å². The first-order valence-electron chi connectivity index (χ1n) is 7.89. The van der Waals surface area contributed by atoms with Gasteiger partial charge in [-0.25, -0.2) is 4.98 Å². The molecule has 8 nitrogen and oxygen atoms in total. The number of nitrogens with zero attached hydrogens (tertiary/aromatic N) is 6. The van der Waals surface area contributed by atoms with Crippen LogP contribution in [0.2, 0.25) is 0 Å². The molecule has 0 aromatic carbocycles. The molecule has 23 heavy (non-hydrogen) atoms. The Labute approximate surface area is 135 Å². The van der Waals surface area contributed by atoms with E-state index in [-0.39, 0.29) is 0 Å². The van der Waals surface area contributed by atoms with Gasteiger partial charge in [0.2, 0.25) is 5.89 Å². The predicted octanol–water partition coefficient (Wildman–Crippen LogP) is 1.23. The van der Waals surface area contributed by atoms with E-state index in [1.54, 1.807) is 14.0 Å². The van der Waals surface area contributed by atoms with E-state index in [2.05, 4.69) is 41.8 Å². The average molecular weight is 317 g/mol. The third kappa shape index (κ3) is 3.52. The van der Waals surface area contributed by atoms with Crippen LogP contribution < -0.4 is 5.32 Å². The molecule has 8 heteroatoms. The number of likely N-dealkylation sites (tertiary alicyclic amines) is 1. The molecule has 2 aromatic heterocycles. The minimum absolute atomic E-state index is 0.400. The summed E-state index contributed by atoms with van der Waals surface area (Å²) in [5, 5.41) is 7.22. The van der Waals surface area contributed by atoms with Crippen molar-refractivity contribution in [2.75, 3.05) is 20.1 Å². The zero-order valence-corrected chi connectivity index (χ0v) is 13.8. The number of nitrogens with one attached hydrogen (secondary N) is 1. The Bertz CT molecular complexity index is 649. The van der Waals surface area contributed by atoms with Crippen LogP contribution in [0.5, 0.6) is 0 Å². The molecule has 0 aliphatic carbocycles. The molecule has 0 radical (unpaired) electrons. The molecular formula is C15H23N7O. The third-order valence-corrected chi connectivity index (χ3v) is 4.31. The maximum Gasteiger partial charge on any atom is 0.223 e. The lowest BCUT2D eigenvalue weighted by molar-refractivity contribution is 0.189. The van der Waals surface area contributed by atoms with Crippen molar-refractivity contribution in [2.45, 2.75) is 32.9 Å². The lowest BCUT2D eigenvalue weighted by Crippen LogP contribution is -2.48. The highest BCUT2D eigenvalue weighted by Gasteiger charge is 2.28. The summed E-state index contributed by atoms with van der Waals surface area (Å²) in [7, 11) is 1.80. The van der Waals surface area contributed by atoms with E-state index < -0.39 is 0 Å². The van der Waals surface area contributed by atoms with Crippen molar-refractivity contribution in [1.82, 2.24) is 29.9 Å². The fraction of sp³-hybridized carbons (Fsp3) is 0.600. The van der Waals surface area contributed by atoms with Crippen molar-refractivity contribution in [2.24, 2.45) is 10.9 Å². The smallest absolute Gasteiger partial charge is 0.223 e. The van der Waals surface area contributed by atoms with E-state index in [9.17, 15) is 0 Å². The Morgan fingerprint density at radius 1 is 1.52 bits per heavy atom. The second-order valence-corrected chi connectivity index (χ2v) is 5.92. The molecule has 0 bridgehead atoms. The molecule has 1 fully saturated rings. The third-order valence-electron chi connectivity index (χ3n) is 4.31. The molecule has 1 saturated heterocycles. The number of aryl methyl sites for hydroxylation is 1. The molecule has 0 amide bonds. The van der Waals surface area contributed by atoms with E-state index in [1.165, 1.54) is 0 Å². The fourth-order valence-corrected chi connectivity index (χ4v) is 3.00. The molecule has 3 heterocycles. The molecule has 2 atom stereocenters. The van der Waals surface area contributed by atoms with Crippen LogP contribution in [0, 0.1) is 12.8 Å². The largest absolute Gasteiger partial charge is 0.349 e. The van der Waals surface area contributed by atoms with Crippen LogP contribution in [0.25, 0.3) is 0 Å². The lowest BCUT2D eigenvalue weighted by atomic mass is 9.93. The second kappa shape index (κ2) is 6.80. The molecule has 1 aliphatic rings. The van der Waals surface area contributed by atoms with Crippen LogP contribution in [0.3, 0.4) is 0 Å². The Morgan fingerprint density at radius 2 is 2.39 bits per heavy atom. The monoisotopic (exact) mass is 317 g/mol. The van der Waals surface area contributed by atoms with Crippen molar-refractivity contribution in [3.63, 3.8) is 0 Å². The van der Waals surface area contributed by atoms with Crippen LogP contribution in [0.4, 0.5) is 0 Å². The fourth-order valence-electron chi connectivity index (χ4n) is 3.00. The summed E-state index contributed by atoms with van der Waals surface area (Å²) in [5.41, 5.74) is 0. The van der Waals surface area contributed by atoms with Gasteiger partial charge in [0.05, 0.1) is 18.9 Å². The number of hydrogen-bond acceptors (Lipinski definition) is 5. The van der Waals surface area contributed by atoms with Gasteiger partial charge in [-0.2, -0.15) is 4.98 Å². The standard InChI is InChI=1S/C15H23N7O/c1-11-4-6-21(9-13(11)22-7-5-17-10-22)15(16-3)18-8-14-19-12(2)23-20-14/h5,7,10-11,13H,4,6,8-9H2,1-3H3,(H,16,18). The van der Waals surface area contributed by atoms with Gasteiger partial charge in [0, 0.05) is 39.5 Å². The second-order valence-electron chi connectivity index (χ2n) is 5.92. The van der Waals surface area contributed by atoms with Crippen LogP contribution in [0.15, 0.2) is 28.2 Å². The number of rotatable bonds is 3. The molecule has 1 N–H and O–H groups in total. The van der Waals surface area contributed by atoms with Gasteiger partial charge in [0.15, 0.2) is 11.8 Å². The van der Waals surface area contributed by atoms with E-state index in [0.717, 1.165) is 25.5 Å². The molecule has 2 unspecified atom stereocenters. The molecule has 124 valence electrons. The summed E-state index contributed by atoms with van der Waals surface area (Å²) < 4.78 is 7.18. The Balaban J connectivity index is 1.64. The highest BCUT2D eigenvalue weighted by molar-refractivity contribution is 5.79. The van der Waals surface area contributed by atoms with E-state index in [0.29, 0.717) is 30.2 Å². The van der Waals surface area contributed by atoms with Gasteiger partial charge in [-0.15, -0.1) is 0 Å². The first-order valence-corrected chi connectivity index (χ1v) is 7.89. The number of piperidine rings is 1. The van der Waals surface area contributed by atoms with Crippen LogP contribution >= 0.6 is 0 Å². The van der Waals surface area contributed by atoms with Crippen molar-refractivity contribution >= 4 is 5.96 Å². The van der Waals surface area contributed by atoms with Gasteiger partial charge in [-0.1, -0.05) is 12.1 Å². The molecule has 0 saturated carbocycles. The summed E-state index contributed by atoms with van der Waals surface area (Å²) in [6.45, 7) is 6.47. The van der Waals surface area contributed by atoms with Gasteiger partial charge in [-0.05, 0) is 12.3 Å². The molecule has 2 aromatic rings. The number of imidazole rings is 1. The van der Waals surface area contributed by atoms with Crippen molar-refractivity contribution < 1.29 is 4.52 Å². The van der Waals surface area contributed by atoms with Crippen molar-refractivity contribution in [3.05, 3.63) is 30.4 Å². The Hall–Kier alpha value is -2.38. The number of hydrogen-bond donors (Lipinski definition) is 1. The molecular weight excluding hydrogens is 294 g/mol. The SMILES string of the molecule is CN=C(NCc1noc(C)n1)N1CCC(C)C(n2ccnc2)C1. The maximum atomic E-state index is 4.99. The summed E-state index contributed by atoms with van der Waals surface area (Å²) in [5.74, 6) is 2.69. The summed E-state index contributed by atoms with van der Waals surface area (Å²) >= 11 is 0. The van der Waals surface area contributed by atoms with Crippen molar-refractivity contribution in [1.29, 1.82) is 0 Å². The van der Waals surface area contributed by atoms with E-state index >= 15 is 0 Å². The summed E-state index contributed by atoms with van der Waals surface area (Å²) in [6, 6.07) is 0.400. The van der Waals surface area contributed by atoms with E-state index in [4.69, 9.17) is 4.52 Å². The molecule has 0 spiro atoms. The van der Waals surface area contributed by atoms with Gasteiger partial charge in [-0.3, -0.25) is 4.99 Å². The van der Waals surface area contributed by atoms with Gasteiger partial charge < -0.3 is 19.3 Å². The first kappa shape index (κ1) is 15.5. The van der Waals surface area contributed by atoms with E-state index in [1.807, 2.05) is 18.7 Å². The predicted molar refractivity (Wildman–Crippen MR) is 85.9 cm³/mol. The lowest BCUT2D eigenvalue weighted by Gasteiger charge is -2.39. The van der Waals surface area contributed by atoms with Crippen LogP contribution in [-0.2, 0) is 6.54 Å². The Kier molecular flexibility index (Phi) is 4.59.